The standard InChI is InChI=1S/C18H15N5O2.C17H16N4O2/c1-12-2-3-14(22-17(24)4-7-19)10-15(12)23-18-21-11-16(25-18)13-5-8-20-9-6-13;1-11-5-6-14(20-12(2)22)8-15(11)21-17-19-10-16(23-17)13-4-3-7-18-9-13/h2-3,5-6,8-11H,4H2,1H3,(H,21,23)(H,22,24);3-10H,1-2H3,(H,19,21)(H,20,22). The Labute approximate surface area is 276 Å². The van der Waals surface area contributed by atoms with Crippen LogP contribution in [0.1, 0.15) is 24.5 Å². The number of aromatic nitrogens is 4. The monoisotopic (exact) mass is 641 g/mol. The Morgan fingerprint density at radius 1 is 0.729 bits per heavy atom. The fourth-order valence-electron chi connectivity index (χ4n) is 4.33. The molecule has 0 saturated carbocycles. The number of hydrogen-bond acceptors (Lipinski definition) is 11. The molecule has 0 unspecified atom stereocenters. The fourth-order valence-corrected chi connectivity index (χ4v) is 4.33. The Kier molecular flexibility index (Phi) is 10.5. The Bertz CT molecular complexity index is 2050. The first-order chi connectivity index (χ1) is 23.3. The summed E-state index contributed by atoms with van der Waals surface area (Å²) >= 11 is 0. The summed E-state index contributed by atoms with van der Waals surface area (Å²) in [7, 11) is 0. The summed E-state index contributed by atoms with van der Waals surface area (Å²) in [6, 6.07) is 20.9. The second-order valence-electron chi connectivity index (χ2n) is 10.4. The molecule has 2 amide bonds. The highest BCUT2D eigenvalue weighted by Crippen LogP contribution is 2.28. The van der Waals surface area contributed by atoms with Gasteiger partial charge in [-0.3, -0.25) is 19.6 Å². The molecule has 48 heavy (non-hydrogen) atoms. The van der Waals surface area contributed by atoms with E-state index in [1.165, 1.54) is 6.92 Å². The number of rotatable bonds is 9. The molecular weight excluding hydrogens is 610 g/mol. The molecule has 6 aromatic rings. The van der Waals surface area contributed by atoms with Crippen molar-refractivity contribution in [3.8, 4) is 28.7 Å². The molecule has 0 atom stereocenters. The lowest BCUT2D eigenvalue weighted by atomic mass is 10.2. The molecule has 4 N–H and O–H groups in total. The van der Waals surface area contributed by atoms with Gasteiger partial charge in [-0.2, -0.15) is 5.26 Å². The van der Waals surface area contributed by atoms with Gasteiger partial charge in [-0.05, 0) is 73.5 Å². The minimum Gasteiger partial charge on any atom is -0.423 e. The van der Waals surface area contributed by atoms with Crippen molar-refractivity contribution in [2.75, 3.05) is 21.3 Å². The van der Waals surface area contributed by atoms with Crippen LogP contribution in [0, 0.1) is 25.2 Å². The second-order valence-corrected chi connectivity index (χ2v) is 10.4. The van der Waals surface area contributed by atoms with Crippen LogP contribution in [0.3, 0.4) is 0 Å². The predicted octanol–water partition coefficient (Wildman–Crippen LogP) is 7.39. The van der Waals surface area contributed by atoms with Crippen molar-refractivity contribution in [1.82, 2.24) is 19.9 Å². The van der Waals surface area contributed by atoms with Crippen LogP contribution in [0.5, 0.6) is 0 Å². The number of aryl methyl sites for hydroxylation is 2. The van der Waals surface area contributed by atoms with Crippen LogP contribution in [0.25, 0.3) is 22.6 Å². The maximum atomic E-state index is 11.5. The van der Waals surface area contributed by atoms with E-state index in [9.17, 15) is 9.59 Å². The zero-order valence-electron chi connectivity index (χ0n) is 26.3. The van der Waals surface area contributed by atoms with Crippen LogP contribution in [-0.4, -0.2) is 31.8 Å². The van der Waals surface area contributed by atoms with Gasteiger partial charge in [0.15, 0.2) is 11.5 Å². The first-order valence-corrected chi connectivity index (χ1v) is 14.7. The molecule has 13 nitrogen and oxygen atoms in total. The lowest BCUT2D eigenvalue weighted by Crippen LogP contribution is -2.10. The Hall–Kier alpha value is -6.81. The Morgan fingerprint density at radius 3 is 1.85 bits per heavy atom. The number of pyridine rings is 2. The van der Waals surface area contributed by atoms with Gasteiger partial charge in [0.25, 0.3) is 12.0 Å². The zero-order valence-corrected chi connectivity index (χ0v) is 26.3. The molecule has 0 aliphatic heterocycles. The van der Waals surface area contributed by atoms with E-state index in [0.29, 0.717) is 34.9 Å². The van der Waals surface area contributed by atoms with Gasteiger partial charge in [0.1, 0.15) is 6.42 Å². The van der Waals surface area contributed by atoms with E-state index in [-0.39, 0.29) is 18.2 Å². The van der Waals surface area contributed by atoms with Crippen molar-refractivity contribution in [3.05, 3.63) is 109 Å². The van der Waals surface area contributed by atoms with Gasteiger partial charge >= 0.3 is 0 Å². The van der Waals surface area contributed by atoms with E-state index in [0.717, 1.165) is 33.6 Å². The molecule has 0 radical (unpaired) electrons. The average Bonchev–Trinajstić information content (AvgIpc) is 3.75. The number of nitriles is 1. The highest BCUT2D eigenvalue weighted by atomic mass is 16.4. The van der Waals surface area contributed by atoms with Crippen molar-refractivity contribution >= 4 is 46.6 Å². The number of carbonyl (C=O) groups excluding carboxylic acids is 2. The number of amides is 2. The topological polar surface area (TPSA) is 184 Å². The second kappa shape index (κ2) is 15.5. The molecule has 4 heterocycles. The van der Waals surface area contributed by atoms with E-state index in [1.54, 1.807) is 49.3 Å². The van der Waals surface area contributed by atoms with Gasteiger partial charge in [-0.15, -0.1) is 0 Å². The lowest BCUT2D eigenvalue weighted by Gasteiger charge is -2.09. The van der Waals surface area contributed by atoms with Crippen LogP contribution >= 0.6 is 0 Å². The third-order valence-electron chi connectivity index (χ3n) is 6.72. The van der Waals surface area contributed by atoms with Crippen molar-refractivity contribution in [3.63, 3.8) is 0 Å². The third kappa shape index (κ3) is 8.89. The Balaban J connectivity index is 0.000000188. The van der Waals surface area contributed by atoms with E-state index >= 15 is 0 Å². The molecular formula is C35H31N9O4. The summed E-state index contributed by atoms with van der Waals surface area (Å²) in [5.74, 6) is 0.792. The summed E-state index contributed by atoms with van der Waals surface area (Å²) in [6.07, 6.45) is 9.87. The maximum Gasteiger partial charge on any atom is 0.299 e. The van der Waals surface area contributed by atoms with Crippen LogP contribution in [0.15, 0.2) is 107 Å². The highest BCUT2D eigenvalue weighted by molar-refractivity contribution is 5.92. The first kappa shape index (κ1) is 32.6. The van der Waals surface area contributed by atoms with E-state index in [4.69, 9.17) is 14.1 Å². The molecule has 0 aliphatic carbocycles. The summed E-state index contributed by atoms with van der Waals surface area (Å²) in [5.41, 5.74) is 6.58. The molecule has 13 heteroatoms. The average molecular weight is 642 g/mol. The number of carbonyl (C=O) groups is 2. The maximum absolute atomic E-state index is 11.5. The predicted molar refractivity (Wildman–Crippen MR) is 182 cm³/mol. The lowest BCUT2D eigenvalue weighted by molar-refractivity contribution is -0.115. The van der Waals surface area contributed by atoms with Gasteiger partial charge in [0.2, 0.25) is 11.8 Å². The minimum atomic E-state index is -0.353. The van der Waals surface area contributed by atoms with Gasteiger partial charge < -0.3 is 30.1 Å². The molecule has 0 fully saturated rings. The van der Waals surface area contributed by atoms with E-state index in [1.807, 2.05) is 68.4 Å². The third-order valence-corrected chi connectivity index (χ3v) is 6.72. The van der Waals surface area contributed by atoms with E-state index < -0.39 is 0 Å². The number of anilines is 6. The SMILES string of the molecule is CC(=O)Nc1ccc(C)c(Nc2ncc(-c3cccnc3)o2)c1.Cc1ccc(NC(=O)CC#N)cc1Nc1ncc(-c2ccncc2)o1. The van der Waals surface area contributed by atoms with Gasteiger partial charge in [-0.1, -0.05) is 12.1 Å². The number of oxazole rings is 2. The normalized spacial score (nSPS) is 10.2. The largest absolute Gasteiger partial charge is 0.423 e. The minimum absolute atomic E-state index is 0.116. The summed E-state index contributed by atoms with van der Waals surface area (Å²) in [5, 5.41) is 20.2. The molecule has 2 aromatic carbocycles. The van der Waals surface area contributed by atoms with Crippen LogP contribution < -0.4 is 21.3 Å². The summed E-state index contributed by atoms with van der Waals surface area (Å²) in [4.78, 5) is 39.2. The molecule has 0 aliphatic rings. The molecule has 4 aromatic heterocycles. The van der Waals surface area contributed by atoms with Gasteiger partial charge in [0, 0.05) is 65.6 Å². The highest BCUT2D eigenvalue weighted by Gasteiger charge is 2.11. The van der Waals surface area contributed by atoms with Crippen molar-refractivity contribution in [2.45, 2.75) is 27.2 Å². The first-order valence-electron chi connectivity index (χ1n) is 14.7. The fraction of sp³-hybridized carbons (Fsp3) is 0.114. The van der Waals surface area contributed by atoms with Gasteiger partial charge in [0.05, 0.1) is 18.5 Å². The van der Waals surface area contributed by atoms with Crippen molar-refractivity contribution in [2.24, 2.45) is 0 Å². The number of nitrogens with zero attached hydrogens (tertiary/aromatic N) is 5. The van der Waals surface area contributed by atoms with Crippen LogP contribution in [0.2, 0.25) is 0 Å². The number of hydrogen-bond donors (Lipinski definition) is 4. The molecule has 0 bridgehead atoms. The Morgan fingerprint density at radius 2 is 1.31 bits per heavy atom. The molecule has 240 valence electrons. The number of benzene rings is 2. The zero-order chi connectivity index (χ0) is 33.9. The number of nitrogens with one attached hydrogen (secondary N) is 4. The molecule has 0 saturated heterocycles. The molecule has 6 rings (SSSR count). The van der Waals surface area contributed by atoms with Crippen molar-refractivity contribution in [1.29, 1.82) is 5.26 Å². The van der Waals surface area contributed by atoms with Gasteiger partial charge in [-0.25, -0.2) is 9.97 Å². The quantitative estimate of drug-likeness (QED) is 0.123. The van der Waals surface area contributed by atoms with Crippen molar-refractivity contribution < 1.29 is 18.4 Å². The van der Waals surface area contributed by atoms with E-state index in [2.05, 4.69) is 41.2 Å². The summed E-state index contributed by atoms with van der Waals surface area (Å²) in [6.45, 7) is 5.36. The summed E-state index contributed by atoms with van der Waals surface area (Å²) < 4.78 is 11.4. The van der Waals surface area contributed by atoms with Crippen LogP contribution in [-0.2, 0) is 9.59 Å². The smallest absolute Gasteiger partial charge is 0.299 e. The molecule has 0 spiro atoms. The van der Waals surface area contributed by atoms with Crippen LogP contribution in [0.4, 0.5) is 34.8 Å².